The van der Waals surface area contributed by atoms with Crippen LogP contribution in [0.5, 0.6) is 0 Å². The van der Waals surface area contributed by atoms with Gasteiger partial charge in [-0.3, -0.25) is 4.79 Å². The number of hydrogen-bond acceptors (Lipinski definition) is 3. The van der Waals surface area contributed by atoms with Crippen LogP contribution in [0, 0.1) is 51.2 Å². The first kappa shape index (κ1) is 25.4. The molecule has 4 aliphatic carbocycles. The number of aliphatic hydroxyl groups is 2. The van der Waals surface area contributed by atoms with Crippen molar-refractivity contribution < 1.29 is 15.0 Å². The largest absolute Gasteiger partial charge is 0.393 e. The van der Waals surface area contributed by atoms with Gasteiger partial charge in [-0.15, -0.1) is 0 Å². The van der Waals surface area contributed by atoms with E-state index in [0.717, 1.165) is 32.1 Å². The molecular weight excluding hydrogens is 408 g/mol. The number of carbonyl (C=O) groups is 1. The van der Waals surface area contributed by atoms with Gasteiger partial charge in [-0.2, -0.15) is 0 Å². The standard InChI is InChI=1S/C30H50O3/c1-9-18(2)10-11-19(3)20-12-15-29(7)26-21(31)16-23-27(4,5)24(33)13-14-28(23,6)25(26)22(32)17-30(20,29)8/h9,19-21,23-26,31,33H,10-17H2,1-8H3. The minimum atomic E-state index is -0.453. The van der Waals surface area contributed by atoms with Gasteiger partial charge < -0.3 is 10.2 Å². The van der Waals surface area contributed by atoms with Crippen LogP contribution in [0.25, 0.3) is 0 Å². The van der Waals surface area contributed by atoms with Crippen molar-refractivity contribution in [1.82, 2.24) is 0 Å². The Labute approximate surface area is 202 Å². The van der Waals surface area contributed by atoms with Crippen LogP contribution in [0.4, 0.5) is 0 Å². The highest BCUT2D eigenvalue weighted by Gasteiger charge is 2.71. The first-order valence-electron chi connectivity index (χ1n) is 13.7. The van der Waals surface area contributed by atoms with E-state index < -0.39 is 6.10 Å². The van der Waals surface area contributed by atoms with E-state index in [1.165, 1.54) is 18.4 Å². The van der Waals surface area contributed by atoms with Crippen molar-refractivity contribution in [1.29, 1.82) is 0 Å². The molecular formula is C30H50O3. The number of allylic oxidation sites excluding steroid dienone is 2. The lowest BCUT2D eigenvalue weighted by Gasteiger charge is -2.67. The molecule has 4 aliphatic rings. The molecule has 0 spiro atoms. The van der Waals surface area contributed by atoms with Crippen LogP contribution >= 0.6 is 0 Å². The molecule has 4 saturated carbocycles. The molecule has 0 heterocycles. The van der Waals surface area contributed by atoms with Gasteiger partial charge in [0.1, 0.15) is 5.78 Å². The van der Waals surface area contributed by atoms with Gasteiger partial charge in [0.25, 0.3) is 0 Å². The SMILES string of the molecule is CC=C(C)CCC(C)C1CCC2(C)C3C(O)CC4C(C)(C)C(O)CCC4(C)C3C(=O)CC12C. The van der Waals surface area contributed by atoms with Crippen LogP contribution in [0.1, 0.15) is 107 Å². The Hall–Kier alpha value is -0.670. The quantitative estimate of drug-likeness (QED) is 0.469. The average molecular weight is 459 g/mol. The number of hydrogen-bond donors (Lipinski definition) is 2. The number of Topliss-reactive ketones (excluding diaryl/α,β-unsaturated/α-hetero) is 1. The maximum atomic E-state index is 14.1. The summed E-state index contributed by atoms with van der Waals surface area (Å²) < 4.78 is 0. The minimum Gasteiger partial charge on any atom is -0.393 e. The summed E-state index contributed by atoms with van der Waals surface area (Å²) in [4.78, 5) is 14.1. The number of ketones is 1. The highest BCUT2D eigenvalue weighted by atomic mass is 16.3. The van der Waals surface area contributed by atoms with E-state index in [9.17, 15) is 15.0 Å². The number of aliphatic hydroxyl groups excluding tert-OH is 2. The fourth-order valence-electron chi connectivity index (χ4n) is 9.95. The zero-order valence-electron chi connectivity index (χ0n) is 22.6. The van der Waals surface area contributed by atoms with E-state index in [1.54, 1.807) is 0 Å². The van der Waals surface area contributed by atoms with Crippen LogP contribution in [0.3, 0.4) is 0 Å². The molecule has 0 aliphatic heterocycles. The summed E-state index contributed by atoms with van der Waals surface area (Å²) in [5.74, 6) is 1.69. The van der Waals surface area contributed by atoms with Gasteiger partial charge in [0, 0.05) is 18.3 Å². The van der Waals surface area contributed by atoms with Crippen LogP contribution < -0.4 is 0 Å². The molecule has 3 nitrogen and oxygen atoms in total. The molecule has 0 aromatic carbocycles. The van der Waals surface area contributed by atoms with Crippen LogP contribution in [0.2, 0.25) is 0 Å². The molecule has 188 valence electrons. The van der Waals surface area contributed by atoms with Gasteiger partial charge >= 0.3 is 0 Å². The second-order valence-corrected chi connectivity index (χ2v) is 14.0. The van der Waals surface area contributed by atoms with E-state index in [-0.39, 0.29) is 45.5 Å². The normalized spacial score (nSPS) is 50.4. The summed E-state index contributed by atoms with van der Waals surface area (Å²) in [6.45, 7) is 18.2. The molecule has 0 amide bonds. The van der Waals surface area contributed by atoms with Crippen molar-refractivity contribution in [2.24, 2.45) is 51.2 Å². The van der Waals surface area contributed by atoms with Crippen LogP contribution in [-0.4, -0.2) is 28.2 Å². The monoisotopic (exact) mass is 458 g/mol. The van der Waals surface area contributed by atoms with E-state index in [4.69, 9.17) is 0 Å². The maximum Gasteiger partial charge on any atom is 0.137 e. The predicted molar refractivity (Wildman–Crippen MR) is 135 cm³/mol. The van der Waals surface area contributed by atoms with Gasteiger partial charge in [0.2, 0.25) is 0 Å². The van der Waals surface area contributed by atoms with Crippen molar-refractivity contribution in [2.75, 3.05) is 0 Å². The van der Waals surface area contributed by atoms with Crippen LogP contribution in [-0.2, 0) is 4.79 Å². The van der Waals surface area contributed by atoms with Crippen LogP contribution in [0.15, 0.2) is 11.6 Å². The number of fused-ring (bicyclic) bond motifs is 5. The Bertz CT molecular complexity index is 813. The van der Waals surface area contributed by atoms with Gasteiger partial charge in [-0.25, -0.2) is 0 Å². The second-order valence-electron chi connectivity index (χ2n) is 14.0. The van der Waals surface area contributed by atoms with Crippen molar-refractivity contribution in [2.45, 2.75) is 119 Å². The number of rotatable bonds is 4. The van der Waals surface area contributed by atoms with Gasteiger partial charge in [0.15, 0.2) is 0 Å². The van der Waals surface area contributed by atoms with Gasteiger partial charge in [-0.1, -0.05) is 53.2 Å². The number of carbonyl (C=O) groups excluding carboxylic acids is 1. The summed E-state index contributed by atoms with van der Waals surface area (Å²) in [6, 6.07) is 0. The lowest BCUT2D eigenvalue weighted by atomic mass is 9.37. The first-order chi connectivity index (χ1) is 15.2. The lowest BCUT2D eigenvalue weighted by Crippen LogP contribution is -2.67. The van der Waals surface area contributed by atoms with Crippen molar-refractivity contribution in [3.05, 3.63) is 11.6 Å². The van der Waals surface area contributed by atoms with Gasteiger partial charge in [0.05, 0.1) is 12.2 Å². The molecule has 33 heavy (non-hydrogen) atoms. The van der Waals surface area contributed by atoms with Crippen molar-refractivity contribution in [3.63, 3.8) is 0 Å². The average Bonchev–Trinajstić information content (AvgIpc) is 3.01. The minimum absolute atomic E-state index is 0.00620. The molecule has 0 aromatic heterocycles. The maximum absolute atomic E-state index is 14.1. The highest BCUT2D eigenvalue weighted by molar-refractivity contribution is 5.85. The Kier molecular flexibility index (Phi) is 6.31. The Balaban J connectivity index is 1.69. The van der Waals surface area contributed by atoms with E-state index in [1.807, 2.05) is 0 Å². The van der Waals surface area contributed by atoms with E-state index >= 15 is 0 Å². The smallest absolute Gasteiger partial charge is 0.137 e. The molecule has 4 fully saturated rings. The third kappa shape index (κ3) is 3.45. The molecule has 0 saturated heterocycles. The summed E-state index contributed by atoms with van der Waals surface area (Å²) >= 11 is 0. The summed E-state index contributed by atoms with van der Waals surface area (Å²) in [6.07, 6.45) is 9.10. The van der Waals surface area contributed by atoms with Crippen molar-refractivity contribution >= 4 is 5.78 Å². The highest BCUT2D eigenvalue weighted by Crippen LogP contribution is 2.73. The molecule has 10 unspecified atom stereocenters. The summed E-state index contributed by atoms with van der Waals surface area (Å²) in [7, 11) is 0. The lowest BCUT2D eigenvalue weighted by molar-refractivity contribution is -0.227. The first-order valence-corrected chi connectivity index (χ1v) is 13.7. The second kappa shape index (κ2) is 8.19. The molecule has 10 atom stereocenters. The summed E-state index contributed by atoms with van der Waals surface area (Å²) in [5, 5.41) is 22.5. The van der Waals surface area contributed by atoms with E-state index in [0.29, 0.717) is 24.0 Å². The predicted octanol–water partition coefficient (Wildman–Crippen LogP) is 6.56. The summed E-state index contributed by atoms with van der Waals surface area (Å²) in [5.41, 5.74) is 1.02. The molecule has 0 aromatic rings. The third-order valence-corrected chi connectivity index (χ3v) is 12.4. The Morgan fingerprint density at radius 1 is 1.09 bits per heavy atom. The molecule has 3 heteroatoms. The van der Waals surface area contributed by atoms with Crippen molar-refractivity contribution in [3.8, 4) is 0 Å². The molecule has 4 rings (SSSR count). The molecule has 0 radical (unpaired) electrons. The fraction of sp³-hybridized carbons (Fsp3) is 0.900. The molecule has 0 bridgehead atoms. The Morgan fingerprint density at radius 2 is 1.76 bits per heavy atom. The molecule has 2 N–H and O–H groups in total. The fourth-order valence-corrected chi connectivity index (χ4v) is 9.95. The zero-order chi connectivity index (χ0) is 24.6. The topological polar surface area (TPSA) is 57.5 Å². The van der Waals surface area contributed by atoms with E-state index in [2.05, 4.69) is 61.5 Å². The third-order valence-electron chi connectivity index (χ3n) is 12.4. The zero-order valence-corrected chi connectivity index (χ0v) is 22.6. The van der Waals surface area contributed by atoms with Gasteiger partial charge in [-0.05, 0) is 98.2 Å². The Morgan fingerprint density at radius 3 is 2.39 bits per heavy atom.